The molecule has 0 aromatic rings. The summed E-state index contributed by atoms with van der Waals surface area (Å²) in [5.74, 6) is 0. The minimum absolute atomic E-state index is 0.0910. The van der Waals surface area contributed by atoms with Crippen LogP contribution in [-0.4, -0.2) is 18.2 Å². The van der Waals surface area contributed by atoms with Gasteiger partial charge in [0.05, 0.1) is 12.7 Å². The Morgan fingerprint density at radius 2 is 1.60 bits per heavy atom. The highest BCUT2D eigenvalue weighted by Crippen LogP contribution is 2.21. The summed E-state index contributed by atoms with van der Waals surface area (Å²) in [6.07, 6.45) is 10.4. The number of hydrogen-bond acceptors (Lipinski definition) is 2. The number of hydrogen-bond donors (Lipinski definition) is 1. The van der Waals surface area contributed by atoms with Crippen molar-refractivity contribution in [1.82, 2.24) is 0 Å². The molecule has 2 nitrogen and oxygen atoms in total. The Balaban J connectivity index is 2.27. The molecule has 0 spiro atoms. The molecule has 1 rings (SSSR count). The maximum Gasteiger partial charge on any atom is 0.0649 e. The molecule has 2 heteroatoms. The largest absolute Gasteiger partial charge is 0.376 e. The van der Waals surface area contributed by atoms with Crippen LogP contribution in [0.3, 0.4) is 0 Å². The average Bonchev–Trinajstić information content (AvgIpc) is 2.54. The number of ether oxygens (including phenoxy) is 1. The molecule has 0 amide bonds. The van der Waals surface area contributed by atoms with Crippen LogP contribution in [0, 0.1) is 0 Å². The van der Waals surface area contributed by atoms with Crippen LogP contribution in [0.2, 0.25) is 0 Å². The predicted molar refractivity (Wildman–Crippen MR) is 64.9 cm³/mol. The normalized spacial score (nSPS) is 20.2. The fourth-order valence-electron chi connectivity index (χ4n) is 2.15. The zero-order valence-electron chi connectivity index (χ0n) is 10.4. The molecular weight excluding hydrogens is 186 g/mol. The molecule has 15 heavy (non-hydrogen) atoms. The van der Waals surface area contributed by atoms with E-state index in [1.54, 1.807) is 0 Å². The van der Waals surface area contributed by atoms with Gasteiger partial charge in [0.1, 0.15) is 0 Å². The van der Waals surface area contributed by atoms with Crippen LogP contribution in [0.25, 0.3) is 0 Å². The lowest BCUT2D eigenvalue weighted by molar-refractivity contribution is 0.00940. The van der Waals surface area contributed by atoms with Crippen LogP contribution < -0.4 is 5.73 Å². The van der Waals surface area contributed by atoms with Crippen molar-refractivity contribution in [2.45, 2.75) is 76.9 Å². The molecule has 1 aliphatic carbocycles. The fourth-order valence-corrected chi connectivity index (χ4v) is 2.15. The molecule has 1 saturated carbocycles. The van der Waals surface area contributed by atoms with Crippen molar-refractivity contribution < 1.29 is 4.74 Å². The van der Waals surface area contributed by atoms with E-state index in [-0.39, 0.29) is 5.54 Å². The fraction of sp³-hybridized carbons (Fsp3) is 1.00. The zero-order chi connectivity index (χ0) is 11.1. The van der Waals surface area contributed by atoms with Gasteiger partial charge in [-0.25, -0.2) is 0 Å². The molecule has 0 unspecified atom stereocenters. The van der Waals surface area contributed by atoms with Crippen molar-refractivity contribution in [3.05, 3.63) is 0 Å². The van der Waals surface area contributed by atoms with Gasteiger partial charge < -0.3 is 10.5 Å². The van der Waals surface area contributed by atoms with Crippen LogP contribution in [-0.2, 0) is 4.74 Å². The predicted octanol–water partition coefficient (Wildman–Crippen LogP) is 3.24. The lowest BCUT2D eigenvalue weighted by Gasteiger charge is -2.28. The summed E-state index contributed by atoms with van der Waals surface area (Å²) in [5.41, 5.74) is 6.14. The van der Waals surface area contributed by atoms with Crippen molar-refractivity contribution in [3.8, 4) is 0 Å². The Morgan fingerprint density at radius 1 is 1.07 bits per heavy atom. The van der Waals surface area contributed by atoms with Crippen molar-refractivity contribution in [3.63, 3.8) is 0 Å². The van der Waals surface area contributed by atoms with Crippen molar-refractivity contribution >= 4 is 0 Å². The van der Waals surface area contributed by atoms with Gasteiger partial charge in [-0.15, -0.1) is 0 Å². The van der Waals surface area contributed by atoms with Gasteiger partial charge in [0.2, 0.25) is 0 Å². The van der Waals surface area contributed by atoms with Gasteiger partial charge in [-0.3, -0.25) is 0 Å². The van der Waals surface area contributed by atoms with Crippen LogP contribution in [0.5, 0.6) is 0 Å². The van der Waals surface area contributed by atoms with Gasteiger partial charge in [-0.2, -0.15) is 0 Å². The van der Waals surface area contributed by atoms with Gasteiger partial charge in [0.15, 0.2) is 0 Å². The molecule has 1 aliphatic rings. The Labute approximate surface area is 94.6 Å². The van der Waals surface area contributed by atoms with Gasteiger partial charge in [0, 0.05) is 5.54 Å². The molecule has 2 N–H and O–H groups in total. The monoisotopic (exact) mass is 213 g/mol. The van der Waals surface area contributed by atoms with Crippen LogP contribution in [0.4, 0.5) is 0 Å². The average molecular weight is 213 g/mol. The maximum absolute atomic E-state index is 6.23. The van der Waals surface area contributed by atoms with E-state index in [0.29, 0.717) is 6.10 Å². The van der Waals surface area contributed by atoms with Gasteiger partial charge in [0.25, 0.3) is 0 Å². The smallest absolute Gasteiger partial charge is 0.0649 e. The number of nitrogens with two attached hydrogens (primary N) is 1. The minimum Gasteiger partial charge on any atom is -0.376 e. The summed E-state index contributed by atoms with van der Waals surface area (Å²) in [7, 11) is 0. The molecule has 0 heterocycles. The van der Waals surface area contributed by atoms with Gasteiger partial charge in [-0.05, 0) is 25.7 Å². The summed E-state index contributed by atoms with van der Waals surface area (Å²) in [6.45, 7) is 5.05. The van der Waals surface area contributed by atoms with E-state index in [2.05, 4.69) is 13.8 Å². The van der Waals surface area contributed by atoms with E-state index in [4.69, 9.17) is 10.5 Å². The Bertz CT molecular complexity index is 158. The molecule has 90 valence electrons. The first-order valence-corrected chi connectivity index (χ1v) is 6.60. The van der Waals surface area contributed by atoms with Crippen LogP contribution >= 0.6 is 0 Å². The van der Waals surface area contributed by atoms with Crippen LogP contribution in [0.1, 0.15) is 65.2 Å². The molecular formula is C13H27NO. The zero-order valence-corrected chi connectivity index (χ0v) is 10.4. The second kappa shape index (κ2) is 6.49. The highest BCUT2D eigenvalue weighted by molar-refractivity contribution is 4.81. The highest BCUT2D eigenvalue weighted by atomic mass is 16.5. The molecule has 0 saturated heterocycles. The van der Waals surface area contributed by atoms with Crippen molar-refractivity contribution in [1.29, 1.82) is 0 Å². The van der Waals surface area contributed by atoms with E-state index in [9.17, 15) is 0 Å². The third-order valence-corrected chi connectivity index (χ3v) is 3.82. The maximum atomic E-state index is 6.23. The minimum atomic E-state index is -0.0910. The molecule has 0 radical (unpaired) electrons. The Morgan fingerprint density at radius 3 is 2.07 bits per heavy atom. The molecule has 0 aromatic carbocycles. The highest BCUT2D eigenvalue weighted by Gasteiger charge is 2.23. The quantitative estimate of drug-likeness (QED) is 0.712. The third-order valence-electron chi connectivity index (χ3n) is 3.82. The van der Waals surface area contributed by atoms with E-state index < -0.39 is 0 Å². The first-order valence-electron chi connectivity index (χ1n) is 6.60. The van der Waals surface area contributed by atoms with Crippen molar-refractivity contribution in [2.75, 3.05) is 6.61 Å². The Kier molecular flexibility index (Phi) is 5.62. The lowest BCUT2D eigenvalue weighted by atomic mass is 9.95. The summed E-state index contributed by atoms with van der Waals surface area (Å²) >= 11 is 0. The van der Waals surface area contributed by atoms with E-state index >= 15 is 0 Å². The summed E-state index contributed by atoms with van der Waals surface area (Å²) < 4.78 is 5.98. The van der Waals surface area contributed by atoms with E-state index in [0.717, 1.165) is 19.4 Å². The molecule has 0 aromatic heterocycles. The first-order chi connectivity index (χ1) is 7.20. The number of rotatable bonds is 5. The molecule has 0 bridgehead atoms. The summed E-state index contributed by atoms with van der Waals surface area (Å²) in [6, 6.07) is 0. The van der Waals surface area contributed by atoms with Crippen LogP contribution in [0.15, 0.2) is 0 Å². The molecule has 0 aliphatic heterocycles. The first kappa shape index (κ1) is 13.0. The standard InChI is InChI=1S/C13H27NO/c1-3-13(14,4-2)11-15-12-9-7-5-6-8-10-12/h12H,3-11,14H2,1-2H3. The summed E-state index contributed by atoms with van der Waals surface area (Å²) in [5, 5.41) is 0. The molecule has 1 fully saturated rings. The Hall–Kier alpha value is -0.0800. The lowest BCUT2D eigenvalue weighted by Crippen LogP contribution is -2.44. The SMILES string of the molecule is CCC(N)(CC)COC1CCCCCC1. The molecule has 0 atom stereocenters. The summed E-state index contributed by atoms with van der Waals surface area (Å²) in [4.78, 5) is 0. The van der Waals surface area contributed by atoms with Crippen molar-refractivity contribution in [2.24, 2.45) is 5.73 Å². The second-order valence-electron chi connectivity index (χ2n) is 4.99. The topological polar surface area (TPSA) is 35.2 Å². The second-order valence-corrected chi connectivity index (χ2v) is 4.99. The van der Waals surface area contributed by atoms with Gasteiger partial charge >= 0.3 is 0 Å². The third kappa shape index (κ3) is 4.52. The van der Waals surface area contributed by atoms with E-state index in [1.807, 2.05) is 0 Å². The van der Waals surface area contributed by atoms with E-state index in [1.165, 1.54) is 38.5 Å². The van der Waals surface area contributed by atoms with Gasteiger partial charge in [-0.1, -0.05) is 39.5 Å².